The van der Waals surface area contributed by atoms with E-state index in [2.05, 4.69) is 15.3 Å². The van der Waals surface area contributed by atoms with Crippen LogP contribution in [0.4, 0.5) is 0 Å². The van der Waals surface area contributed by atoms with Crippen LogP contribution < -0.4 is 0 Å². The Labute approximate surface area is 155 Å². The fraction of sp³-hybridized carbons (Fsp3) is 0.353. The molecule has 2 aromatic rings. The molecule has 2 heterocycles. The lowest BCUT2D eigenvalue weighted by molar-refractivity contribution is -0.135. The maximum Gasteiger partial charge on any atom is 0.243 e. The highest BCUT2D eigenvalue weighted by molar-refractivity contribution is 6.35. The molecule has 0 saturated heterocycles. The van der Waals surface area contributed by atoms with Crippen LogP contribution in [0.15, 0.2) is 23.3 Å². The Balaban J connectivity index is 1.79. The lowest BCUT2D eigenvalue weighted by Crippen LogP contribution is -2.25. The van der Waals surface area contributed by atoms with E-state index in [1.165, 1.54) is 11.9 Å². The molecule has 1 aromatic carbocycles. The van der Waals surface area contributed by atoms with Crippen LogP contribution in [0.25, 0.3) is 0 Å². The lowest BCUT2D eigenvalue weighted by atomic mass is 10.1. The Kier molecular flexibility index (Phi) is 5.01. The highest BCUT2D eigenvalue weighted by atomic mass is 35.5. The topological polar surface area (TPSA) is 70.6 Å². The van der Waals surface area contributed by atoms with E-state index in [1.807, 2.05) is 13.8 Å². The largest absolute Gasteiger partial charge is 0.449 e. The number of amides is 1. The van der Waals surface area contributed by atoms with Crippen LogP contribution in [0.5, 0.6) is 0 Å². The van der Waals surface area contributed by atoms with Gasteiger partial charge in [0.15, 0.2) is 0 Å². The van der Waals surface area contributed by atoms with Gasteiger partial charge in [0.1, 0.15) is 0 Å². The van der Waals surface area contributed by atoms with Gasteiger partial charge in [0, 0.05) is 29.6 Å². The van der Waals surface area contributed by atoms with Crippen LogP contribution in [0, 0.1) is 13.8 Å². The number of benzene rings is 1. The quantitative estimate of drug-likeness (QED) is 0.865. The Morgan fingerprint density at radius 1 is 1.32 bits per heavy atom. The van der Waals surface area contributed by atoms with Crippen LogP contribution in [0.2, 0.25) is 10.0 Å². The third-order valence-corrected chi connectivity index (χ3v) is 4.67. The number of nitrogens with one attached hydrogen (secondary N) is 1. The first-order chi connectivity index (χ1) is 11.9. The number of ether oxygens (including phenoxy) is 1. The molecule has 0 bridgehead atoms. The second-order valence-electron chi connectivity index (χ2n) is 5.91. The summed E-state index contributed by atoms with van der Waals surface area (Å²) in [5.41, 5.74) is 3.76. The van der Waals surface area contributed by atoms with E-state index in [0.717, 1.165) is 23.4 Å². The van der Waals surface area contributed by atoms with Gasteiger partial charge in [-0.25, -0.2) is 0 Å². The molecule has 0 saturated carbocycles. The van der Waals surface area contributed by atoms with Crippen molar-refractivity contribution < 1.29 is 9.53 Å². The van der Waals surface area contributed by atoms with Crippen molar-refractivity contribution in [2.45, 2.75) is 39.8 Å². The highest BCUT2D eigenvalue weighted by Crippen LogP contribution is 2.35. The average Bonchev–Trinajstić information content (AvgIpc) is 3.10. The zero-order valence-corrected chi connectivity index (χ0v) is 15.6. The molecule has 25 heavy (non-hydrogen) atoms. The zero-order valence-electron chi connectivity index (χ0n) is 14.1. The number of nitrogens with zero attached hydrogens (tertiary/aromatic N) is 3. The maximum absolute atomic E-state index is 11.9. The third kappa shape index (κ3) is 3.65. The summed E-state index contributed by atoms with van der Waals surface area (Å²) in [7, 11) is 0. The monoisotopic (exact) mass is 380 g/mol. The minimum Gasteiger partial charge on any atom is -0.449 e. The fourth-order valence-electron chi connectivity index (χ4n) is 2.79. The summed E-state index contributed by atoms with van der Waals surface area (Å²) in [6.07, 6.45) is 0.607. The first kappa shape index (κ1) is 17.8. The van der Waals surface area contributed by atoms with Gasteiger partial charge in [-0.3, -0.25) is 9.89 Å². The predicted molar refractivity (Wildman–Crippen MR) is 96.6 cm³/mol. The van der Waals surface area contributed by atoms with Gasteiger partial charge in [-0.15, -0.1) is 5.10 Å². The van der Waals surface area contributed by atoms with E-state index in [4.69, 9.17) is 27.9 Å². The number of aryl methyl sites for hydroxylation is 2. The van der Waals surface area contributed by atoms with Crippen molar-refractivity contribution >= 4 is 35.0 Å². The van der Waals surface area contributed by atoms with E-state index in [1.54, 1.807) is 18.2 Å². The van der Waals surface area contributed by atoms with Crippen LogP contribution in [-0.2, 0) is 16.0 Å². The number of aromatic nitrogens is 2. The number of hydrogen-bond donors (Lipinski definition) is 1. The summed E-state index contributed by atoms with van der Waals surface area (Å²) in [5, 5.41) is 13.7. The molecule has 1 aliphatic rings. The molecule has 3 rings (SSSR count). The number of halogens is 2. The molecule has 132 valence electrons. The van der Waals surface area contributed by atoms with E-state index in [-0.39, 0.29) is 5.91 Å². The van der Waals surface area contributed by atoms with E-state index in [0.29, 0.717) is 27.9 Å². The second kappa shape index (κ2) is 7.06. The van der Waals surface area contributed by atoms with Gasteiger partial charge < -0.3 is 4.74 Å². The molecule has 0 fully saturated rings. The molecule has 8 heteroatoms. The maximum atomic E-state index is 11.9. The van der Waals surface area contributed by atoms with Gasteiger partial charge in [0.2, 0.25) is 18.0 Å². The highest BCUT2D eigenvalue weighted by Gasteiger charge is 2.33. The minimum atomic E-state index is -0.677. The molecule has 1 aromatic heterocycles. The van der Waals surface area contributed by atoms with Gasteiger partial charge in [0.25, 0.3) is 0 Å². The SMILES string of the molecule is CC(=O)N1N=C(CCc2c(C)n[nH]c2C)OC1c1ccc(Cl)cc1Cl. The molecule has 0 spiro atoms. The average molecular weight is 381 g/mol. The number of hydrogen-bond acceptors (Lipinski definition) is 4. The van der Waals surface area contributed by atoms with Gasteiger partial charge in [-0.1, -0.05) is 29.3 Å². The van der Waals surface area contributed by atoms with Crippen molar-refractivity contribution in [3.8, 4) is 0 Å². The van der Waals surface area contributed by atoms with Crippen molar-refractivity contribution in [2.75, 3.05) is 0 Å². The van der Waals surface area contributed by atoms with Crippen molar-refractivity contribution in [1.82, 2.24) is 15.2 Å². The first-order valence-corrected chi connectivity index (χ1v) is 8.61. The first-order valence-electron chi connectivity index (χ1n) is 7.86. The van der Waals surface area contributed by atoms with Gasteiger partial charge in [0.05, 0.1) is 10.7 Å². The van der Waals surface area contributed by atoms with Crippen LogP contribution >= 0.6 is 23.2 Å². The molecule has 1 aliphatic heterocycles. The molecular weight excluding hydrogens is 363 g/mol. The van der Waals surface area contributed by atoms with Crippen molar-refractivity contribution in [3.63, 3.8) is 0 Å². The van der Waals surface area contributed by atoms with Crippen LogP contribution in [-0.4, -0.2) is 27.0 Å². The lowest BCUT2D eigenvalue weighted by Gasteiger charge is -2.20. The van der Waals surface area contributed by atoms with E-state index in [9.17, 15) is 4.79 Å². The van der Waals surface area contributed by atoms with Crippen molar-refractivity contribution in [3.05, 3.63) is 50.8 Å². The second-order valence-corrected chi connectivity index (χ2v) is 6.75. The number of aromatic amines is 1. The molecule has 1 unspecified atom stereocenters. The summed E-state index contributed by atoms with van der Waals surface area (Å²) >= 11 is 12.2. The molecule has 0 radical (unpaired) electrons. The van der Waals surface area contributed by atoms with Gasteiger partial charge in [-0.2, -0.15) is 10.1 Å². The summed E-state index contributed by atoms with van der Waals surface area (Å²) in [6.45, 7) is 5.37. The summed E-state index contributed by atoms with van der Waals surface area (Å²) in [6, 6.07) is 5.07. The Morgan fingerprint density at radius 2 is 2.08 bits per heavy atom. The molecule has 1 atom stereocenters. The smallest absolute Gasteiger partial charge is 0.243 e. The number of carbonyl (C=O) groups excluding carboxylic acids is 1. The van der Waals surface area contributed by atoms with Crippen molar-refractivity contribution in [1.29, 1.82) is 0 Å². The number of carbonyl (C=O) groups is 1. The summed E-state index contributed by atoms with van der Waals surface area (Å²) < 4.78 is 5.92. The zero-order chi connectivity index (χ0) is 18.1. The van der Waals surface area contributed by atoms with E-state index >= 15 is 0 Å². The predicted octanol–water partition coefficient (Wildman–Crippen LogP) is 4.16. The minimum absolute atomic E-state index is 0.221. The normalized spacial score (nSPS) is 16.8. The Bertz CT molecular complexity index is 828. The van der Waals surface area contributed by atoms with Crippen molar-refractivity contribution in [2.24, 2.45) is 5.10 Å². The van der Waals surface area contributed by atoms with Gasteiger partial charge in [-0.05, 0) is 38.0 Å². The number of rotatable bonds is 4. The van der Waals surface area contributed by atoms with E-state index < -0.39 is 6.23 Å². The molecule has 1 amide bonds. The Hall–Kier alpha value is -2.05. The number of H-pyrrole nitrogens is 1. The number of hydrazone groups is 1. The van der Waals surface area contributed by atoms with Crippen LogP contribution in [0.3, 0.4) is 0 Å². The van der Waals surface area contributed by atoms with Crippen LogP contribution in [0.1, 0.15) is 42.1 Å². The molecule has 1 N–H and O–H groups in total. The molecule has 0 aliphatic carbocycles. The molecular formula is C17H18Cl2N4O2. The summed E-state index contributed by atoms with van der Waals surface area (Å²) in [5.74, 6) is 0.271. The summed E-state index contributed by atoms with van der Waals surface area (Å²) in [4.78, 5) is 11.9. The fourth-order valence-corrected chi connectivity index (χ4v) is 3.29. The third-order valence-electron chi connectivity index (χ3n) is 4.11. The standard InChI is InChI=1S/C17H18Cl2N4O2/c1-9-13(10(2)21-20-9)6-7-16-22-23(11(3)24)17(25-16)14-5-4-12(18)8-15(14)19/h4-5,8,17H,6-7H2,1-3H3,(H,20,21). The van der Waals surface area contributed by atoms with Gasteiger partial charge >= 0.3 is 0 Å². The Morgan fingerprint density at radius 3 is 2.68 bits per heavy atom. The molecule has 6 nitrogen and oxygen atoms in total.